The molecule has 7 heteroatoms. The number of carbonyl (C=O) groups is 1. The van der Waals surface area contributed by atoms with Gasteiger partial charge in [0.2, 0.25) is 15.9 Å². The van der Waals surface area contributed by atoms with Crippen LogP contribution in [0.3, 0.4) is 0 Å². The van der Waals surface area contributed by atoms with Gasteiger partial charge in [0, 0.05) is 7.05 Å². The minimum atomic E-state index is -3.36. The van der Waals surface area contributed by atoms with E-state index >= 15 is 0 Å². The summed E-state index contributed by atoms with van der Waals surface area (Å²) in [5, 5.41) is 2.95. The topological polar surface area (TPSA) is 75.7 Å². The Kier molecular flexibility index (Phi) is 5.08. The van der Waals surface area contributed by atoms with Gasteiger partial charge in [-0.05, 0) is 36.5 Å². The van der Waals surface area contributed by atoms with Crippen LogP contribution in [0.5, 0.6) is 5.75 Å². The van der Waals surface area contributed by atoms with Gasteiger partial charge in [0.25, 0.3) is 0 Å². The number of likely N-dealkylation sites (N-methyl/N-ethyl adjacent to an activating group) is 1. The third-order valence-corrected chi connectivity index (χ3v) is 5.08. The summed E-state index contributed by atoms with van der Waals surface area (Å²) in [6, 6.07) is 7.51. The van der Waals surface area contributed by atoms with Gasteiger partial charge in [0.05, 0.1) is 26.0 Å². The van der Waals surface area contributed by atoms with Crippen LogP contribution in [-0.2, 0) is 14.8 Å². The fraction of sp³-hybridized carbons (Fsp3) is 0.533. The highest BCUT2D eigenvalue weighted by Gasteiger charge is 2.33. The highest BCUT2D eigenvalue weighted by molar-refractivity contribution is 7.88. The first-order valence-electron chi connectivity index (χ1n) is 7.16. The van der Waals surface area contributed by atoms with Crippen molar-refractivity contribution in [3.63, 3.8) is 0 Å². The zero-order chi connectivity index (χ0) is 16.3. The van der Waals surface area contributed by atoms with Crippen LogP contribution in [0, 0.1) is 5.92 Å². The van der Waals surface area contributed by atoms with E-state index in [1.54, 1.807) is 7.11 Å². The summed E-state index contributed by atoms with van der Waals surface area (Å²) >= 11 is 0. The Balaban J connectivity index is 2.04. The average molecular weight is 326 g/mol. The van der Waals surface area contributed by atoms with Gasteiger partial charge in [-0.3, -0.25) is 4.79 Å². The molecule has 0 radical (unpaired) electrons. The maximum absolute atomic E-state index is 12.1. The van der Waals surface area contributed by atoms with Crippen molar-refractivity contribution >= 4 is 15.9 Å². The Bertz CT molecular complexity index is 623. The van der Waals surface area contributed by atoms with Crippen LogP contribution in [0.25, 0.3) is 0 Å². The minimum absolute atomic E-state index is 0.0774. The van der Waals surface area contributed by atoms with E-state index in [0.29, 0.717) is 5.92 Å². The second kappa shape index (κ2) is 6.66. The van der Waals surface area contributed by atoms with Crippen LogP contribution < -0.4 is 10.1 Å². The predicted octanol–water partition coefficient (Wildman–Crippen LogP) is 1.15. The summed E-state index contributed by atoms with van der Waals surface area (Å²) in [5.41, 5.74) is 1.01. The fourth-order valence-electron chi connectivity index (χ4n) is 2.25. The summed E-state index contributed by atoms with van der Waals surface area (Å²) < 4.78 is 28.9. The lowest BCUT2D eigenvalue weighted by Gasteiger charge is -2.21. The number of carbonyl (C=O) groups excluding carboxylic acids is 1. The maximum atomic E-state index is 12.1. The van der Waals surface area contributed by atoms with Crippen LogP contribution >= 0.6 is 0 Å². The van der Waals surface area contributed by atoms with Crippen molar-refractivity contribution in [1.29, 1.82) is 0 Å². The van der Waals surface area contributed by atoms with E-state index in [0.717, 1.165) is 34.7 Å². The molecule has 22 heavy (non-hydrogen) atoms. The van der Waals surface area contributed by atoms with Crippen LogP contribution in [0.4, 0.5) is 0 Å². The third kappa shape index (κ3) is 4.45. The Morgan fingerprint density at radius 2 is 1.95 bits per heavy atom. The number of ether oxygens (including phenoxy) is 1. The molecule has 0 heterocycles. The maximum Gasteiger partial charge on any atom is 0.235 e. The molecule has 6 nitrogen and oxygen atoms in total. The molecule has 0 spiro atoms. The molecule has 1 saturated carbocycles. The summed E-state index contributed by atoms with van der Waals surface area (Å²) in [4.78, 5) is 12.1. The first-order chi connectivity index (χ1) is 10.3. The molecule has 0 saturated heterocycles. The number of hydrogen-bond acceptors (Lipinski definition) is 4. The van der Waals surface area contributed by atoms with E-state index in [-0.39, 0.29) is 18.5 Å². The van der Waals surface area contributed by atoms with Crippen LogP contribution in [0.15, 0.2) is 24.3 Å². The van der Waals surface area contributed by atoms with Crippen molar-refractivity contribution in [2.75, 3.05) is 27.0 Å². The monoisotopic (exact) mass is 326 g/mol. The molecular formula is C15H22N2O4S. The van der Waals surface area contributed by atoms with Crippen molar-refractivity contribution in [2.24, 2.45) is 5.92 Å². The van der Waals surface area contributed by atoms with Crippen LogP contribution in [0.2, 0.25) is 0 Å². The first kappa shape index (κ1) is 16.8. The van der Waals surface area contributed by atoms with E-state index in [4.69, 9.17) is 4.74 Å². The van der Waals surface area contributed by atoms with Gasteiger partial charge in [-0.2, -0.15) is 4.31 Å². The second-order valence-electron chi connectivity index (χ2n) is 5.67. The van der Waals surface area contributed by atoms with Gasteiger partial charge < -0.3 is 10.1 Å². The Morgan fingerprint density at radius 1 is 1.36 bits per heavy atom. The molecule has 1 fully saturated rings. The van der Waals surface area contributed by atoms with E-state index in [2.05, 4.69) is 5.32 Å². The molecule has 1 aliphatic carbocycles. The van der Waals surface area contributed by atoms with E-state index in [1.807, 2.05) is 24.3 Å². The molecule has 1 aliphatic rings. The number of nitrogens with zero attached hydrogens (tertiary/aromatic N) is 1. The largest absolute Gasteiger partial charge is 0.497 e. The smallest absolute Gasteiger partial charge is 0.235 e. The summed E-state index contributed by atoms with van der Waals surface area (Å²) in [6.45, 7) is -0.168. The third-order valence-electron chi connectivity index (χ3n) is 3.82. The molecule has 1 atom stereocenters. The molecule has 0 aliphatic heterocycles. The van der Waals surface area contributed by atoms with Gasteiger partial charge in [-0.15, -0.1) is 0 Å². The van der Waals surface area contributed by atoms with Crippen LogP contribution in [-0.4, -0.2) is 45.6 Å². The number of methoxy groups -OCH3 is 1. The number of amides is 1. The number of sulfonamides is 1. The van der Waals surface area contributed by atoms with Gasteiger partial charge in [-0.25, -0.2) is 8.42 Å². The van der Waals surface area contributed by atoms with Gasteiger partial charge >= 0.3 is 0 Å². The van der Waals surface area contributed by atoms with E-state index < -0.39 is 10.0 Å². The number of benzene rings is 1. The SMILES string of the molecule is COc1ccc(C(NC(=O)CN(C)S(C)(=O)=O)C2CC2)cc1. The molecule has 1 aromatic rings. The zero-order valence-corrected chi connectivity index (χ0v) is 13.9. The standard InChI is InChI=1S/C15H22N2O4S/c1-17(22(3,19)20)10-14(18)16-15(11-4-5-11)12-6-8-13(21-2)9-7-12/h6-9,11,15H,4-5,10H2,1-3H3,(H,16,18). The molecule has 0 aromatic heterocycles. The van der Waals surface area contributed by atoms with Gasteiger partial charge in [-0.1, -0.05) is 12.1 Å². The van der Waals surface area contributed by atoms with Crippen molar-refractivity contribution < 1.29 is 17.9 Å². The molecule has 1 aromatic carbocycles. The van der Waals surface area contributed by atoms with Crippen molar-refractivity contribution in [3.8, 4) is 5.75 Å². The Morgan fingerprint density at radius 3 is 2.41 bits per heavy atom. The van der Waals surface area contributed by atoms with Crippen molar-refractivity contribution in [2.45, 2.75) is 18.9 Å². The molecule has 2 rings (SSSR count). The highest BCUT2D eigenvalue weighted by Crippen LogP contribution is 2.41. The second-order valence-corrected chi connectivity index (χ2v) is 7.76. The van der Waals surface area contributed by atoms with Crippen molar-refractivity contribution in [3.05, 3.63) is 29.8 Å². The number of rotatable bonds is 7. The zero-order valence-electron chi connectivity index (χ0n) is 13.1. The average Bonchev–Trinajstić information content (AvgIpc) is 3.28. The Hall–Kier alpha value is -1.60. The predicted molar refractivity (Wildman–Crippen MR) is 84.1 cm³/mol. The molecule has 1 unspecified atom stereocenters. The first-order valence-corrected chi connectivity index (χ1v) is 9.00. The van der Waals surface area contributed by atoms with Gasteiger partial charge in [0.15, 0.2) is 0 Å². The highest BCUT2D eigenvalue weighted by atomic mass is 32.2. The van der Waals surface area contributed by atoms with Gasteiger partial charge in [0.1, 0.15) is 5.75 Å². The molecule has 122 valence electrons. The van der Waals surface area contributed by atoms with Crippen molar-refractivity contribution in [1.82, 2.24) is 9.62 Å². The lowest BCUT2D eigenvalue weighted by Crippen LogP contribution is -2.39. The van der Waals surface area contributed by atoms with E-state index in [9.17, 15) is 13.2 Å². The molecule has 1 N–H and O–H groups in total. The normalized spacial score (nSPS) is 16.4. The number of nitrogens with one attached hydrogen (secondary N) is 1. The Labute approximate surface area is 131 Å². The molecular weight excluding hydrogens is 304 g/mol. The van der Waals surface area contributed by atoms with Crippen LogP contribution in [0.1, 0.15) is 24.4 Å². The summed E-state index contributed by atoms with van der Waals surface area (Å²) in [6.07, 6.45) is 3.22. The molecule has 0 bridgehead atoms. The summed E-state index contributed by atoms with van der Waals surface area (Å²) in [7, 11) is -0.351. The fourth-order valence-corrected chi connectivity index (χ4v) is 2.60. The molecule has 1 amide bonds. The quantitative estimate of drug-likeness (QED) is 0.816. The minimum Gasteiger partial charge on any atom is -0.497 e. The summed E-state index contributed by atoms with van der Waals surface area (Å²) in [5.74, 6) is 0.892. The van der Waals surface area contributed by atoms with E-state index in [1.165, 1.54) is 7.05 Å². The lowest BCUT2D eigenvalue weighted by atomic mass is 10.0. The lowest BCUT2D eigenvalue weighted by molar-refractivity contribution is -0.122. The number of hydrogen-bond donors (Lipinski definition) is 1.